The molecule has 8 N–H and O–H groups in total. The maximum absolute atomic E-state index is 14.5. The molecule has 7 aromatic heterocycles. The fourth-order valence-corrected chi connectivity index (χ4v) is 16.1. The lowest BCUT2D eigenvalue weighted by atomic mass is 9.87. The average molecular weight is 1400 g/mol. The zero-order valence-electron chi connectivity index (χ0n) is 51.3. The summed E-state index contributed by atoms with van der Waals surface area (Å²) in [6, 6.07) is 15.3. The maximum atomic E-state index is 14.5. The third kappa shape index (κ3) is 15.5. The van der Waals surface area contributed by atoms with E-state index >= 15 is 0 Å². The quantitative estimate of drug-likeness (QED) is 0.0502. The van der Waals surface area contributed by atoms with Crippen molar-refractivity contribution in [3.8, 4) is 43.4 Å². The Morgan fingerprint density at radius 1 is 0.674 bits per heavy atom. The van der Waals surface area contributed by atoms with Crippen LogP contribution in [-0.2, 0) is 37.0 Å². The first-order valence-corrected chi connectivity index (χ1v) is 34.8. The molecule has 2 aliphatic rings. The minimum atomic E-state index is -1.31. The number of carboxylic acids is 2. The van der Waals surface area contributed by atoms with Crippen molar-refractivity contribution >= 4 is 121 Å². The van der Waals surface area contributed by atoms with E-state index in [9.17, 15) is 53.7 Å². The third-order valence-electron chi connectivity index (χ3n) is 15.6. The summed E-state index contributed by atoms with van der Waals surface area (Å²) in [7, 11) is 2.92. The first-order chi connectivity index (χ1) is 45.7. The molecule has 32 heteroatoms. The molecule has 1 fully saturated rings. The van der Waals surface area contributed by atoms with E-state index in [0.717, 1.165) is 45.3 Å². The molecule has 492 valence electrons. The van der Waals surface area contributed by atoms with Crippen LogP contribution < -0.4 is 31.5 Å². The Morgan fingerprint density at radius 3 is 2.08 bits per heavy atom. The van der Waals surface area contributed by atoms with Crippen LogP contribution in [0.25, 0.3) is 43.4 Å². The van der Waals surface area contributed by atoms with E-state index in [1.54, 1.807) is 83.0 Å². The Bertz CT molecular complexity index is 4350. The van der Waals surface area contributed by atoms with Crippen molar-refractivity contribution in [3.05, 3.63) is 147 Å². The number of hydrogen-bond acceptors (Lipinski definition) is 24. The number of aliphatic hydroxyl groups excluding tert-OH is 1. The monoisotopic (exact) mass is 1400 g/mol. The number of carbonyl (C=O) groups excluding carboxylic acids is 6. The highest BCUT2D eigenvalue weighted by Crippen LogP contribution is 2.41. The van der Waals surface area contributed by atoms with Crippen LogP contribution in [0, 0.1) is 18.8 Å². The van der Waals surface area contributed by atoms with Crippen LogP contribution in [0.15, 0.2) is 88.3 Å². The molecule has 0 radical (unpaired) electrons. The molecule has 1 aliphatic heterocycles. The second-order valence-electron chi connectivity index (χ2n) is 22.4. The van der Waals surface area contributed by atoms with E-state index in [2.05, 4.69) is 26.6 Å². The van der Waals surface area contributed by atoms with Gasteiger partial charge in [-0.2, -0.15) is 0 Å². The van der Waals surface area contributed by atoms with Crippen LogP contribution >= 0.6 is 68.0 Å². The Morgan fingerprint density at radius 2 is 1.37 bits per heavy atom. The van der Waals surface area contributed by atoms with Crippen LogP contribution in [-0.4, -0.2) is 125 Å². The Hall–Kier alpha value is -9.15. The number of hydrogen-bond donors (Lipinski definition) is 8. The number of aliphatic hydroxyl groups is 1. The highest BCUT2D eigenvalue weighted by molar-refractivity contribution is 7.15. The van der Waals surface area contributed by atoms with Gasteiger partial charge in [-0.1, -0.05) is 56.3 Å². The number of rotatable bonds is 14. The number of carboxylic acid groups (broad SMARTS) is 2. The van der Waals surface area contributed by atoms with E-state index in [-0.39, 0.29) is 59.0 Å². The van der Waals surface area contributed by atoms with Gasteiger partial charge in [0.15, 0.2) is 0 Å². The molecule has 9 aromatic rings. The minimum Gasteiger partial charge on any atom is -0.481 e. The first-order valence-electron chi connectivity index (χ1n) is 29.7. The molecule has 0 unspecified atom stereocenters. The molecular formula is C63H61N13O13S6. The summed E-state index contributed by atoms with van der Waals surface area (Å²) in [4.78, 5) is 144. The number of carbonyl (C=O) groups is 8. The average Bonchev–Trinajstić information content (AvgIpc) is 1.72. The summed E-state index contributed by atoms with van der Waals surface area (Å²) >= 11 is 6.98. The second kappa shape index (κ2) is 29.6. The number of thiazole rings is 6. The van der Waals surface area contributed by atoms with Gasteiger partial charge in [0, 0.05) is 46.1 Å². The molecule has 2 aromatic carbocycles. The fraction of sp³-hybridized carbons (Fsp3) is 0.317. The van der Waals surface area contributed by atoms with Gasteiger partial charge >= 0.3 is 18.0 Å². The number of aromatic carboxylic acids is 1. The smallest absolute Gasteiger partial charge is 0.416 e. The first kappa shape index (κ1) is 67.3. The molecular weight excluding hydrogens is 1340 g/mol. The number of ether oxygens (including phenoxy) is 2. The van der Waals surface area contributed by atoms with E-state index in [1.807, 2.05) is 13.8 Å². The normalized spacial score (nSPS) is 18.2. The van der Waals surface area contributed by atoms with Crippen LogP contribution in [0.1, 0.15) is 148 Å². The van der Waals surface area contributed by atoms with Gasteiger partial charge in [-0.05, 0) is 73.9 Å². The van der Waals surface area contributed by atoms with Gasteiger partial charge in [-0.15, -0.1) is 68.0 Å². The number of aliphatic carboxylic acids is 1. The Kier molecular flexibility index (Phi) is 21.0. The highest BCUT2D eigenvalue weighted by atomic mass is 32.1. The molecule has 1 saturated carbocycles. The standard InChI is InChI=1S/C63H61N13O13S6/c1-29(2)46-60-75-49(42(95-60)24-88-5)53(81)65-22-45(78)72-50(51(79)32-9-7-6-8-10-32)59-70-41(27-92-59)57-68-39(25-91-57)48-36(55-69-40(26-90-55)52(80)67-38(21-44(77)64-4)58-74-47(30(3)94-58)54(82)73-46)19-20-37(66-48)56-71-43(28-93-56)76(23-31-11-13-33(14-12-31)61(83)84)63(87)89-35-17-15-34(16-18-35)62(85)86/h6-14,19-20,25-29,34-35,38,46,50-51,79H,15-18,21-24H2,1-5H3,(H,64,77)(H,65,81)(H,67,80)(H,72,78)(H,73,82)(H,83,84)(H,85,86)/t34?,35?,38-,46-,50-,51-/m0/s1. The lowest BCUT2D eigenvalue weighted by Crippen LogP contribution is -2.40. The lowest BCUT2D eigenvalue weighted by molar-refractivity contribution is -0.143. The SMILES string of the molecule is CNC(=O)C[C@@H]1NC(=O)c2csc(n2)-c2ccc(-c3nc(N(Cc4ccc(C(=O)O)cc4)C(=O)OC4CCC(C(=O)O)CC4)cs3)nc2-c2csc(n2)-c2csc(n2)[C@H]([C@@H](O)c2ccccc2)NC(=O)CNC(=O)c2nc(sc2COC)[C@H](C(C)C)NC(=O)c2nc1sc2C. The second-order valence-corrected chi connectivity index (χ2v) is 28.2. The summed E-state index contributed by atoms with van der Waals surface area (Å²) in [5, 5.41) is 54.1. The minimum absolute atomic E-state index is 0.0152. The highest BCUT2D eigenvalue weighted by Gasteiger charge is 2.35. The molecule has 26 nitrogen and oxygen atoms in total. The third-order valence-corrected chi connectivity index (χ3v) is 21.3. The predicted molar refractivity (Wildman–Crippen MR) is 356 cm³/mol. The van der Waals surface area contributed by atoms with Gasteiger partial charge in [-0.25, -0.2) is 44.5 Å². The van der Waals surface area contributed by atoms with Crippen molar-refractivity contribution < 1.29 is 63.1 Å². The number of pyridine rings is 1. The van der Waals surface area contributed by atoms with Crippen molar-refractivity contribution in [1.82, 2.24) is 61.5 Å². The van der Waals surface area contributed by atoms with Crippen molar-refractivity contribution in [2.24, 2.45) is 11.8 Å². The van der Waals surface area contributed by atoms with Crippen LogP contribution in [0.4, 0.5) is 10.6 Å². The molecule has 0 spiro atoms. The molecule has 95 heavy (non-hydrogen) atoms. The van der Waals surface area contributed by atoms with E-state index in [4.69, 9.17) is 44.4 Å². The van der Waals surface area contributed by atoms with Gasteiger partial charge in [-0.3, -0.25) is 33.7 Å². The van der Waals surface area contributed by atoms with Crippen LogP contribution in [0.5, 0.6) is 0 Å². The van der Waals surface area contributed by atoms with E-state index in [1.165, 1.54) is 53.9 Å². The number of anilines is 1. The molecule has 1 aliphatic carbocycles. The topological polar surface area (TPSA) is 369 Å². The van der Waals surface area contributed by atoms with Gasteiger partial charge in [0.05, 0.1) is 60.3 Å². The Labute approximate surface area is 566 Å². The number of aryl methyl sites for hydroxylation is 1. The van der Waals surface area contributed by atoms with E-state index < -0.39 is 90.4 Å². The van der Waals surface area contributed by atoms with Gasteiger partial charge < -0.3 is 51.4 Å². The summed E-state index contributed by atoms with van der Waals surface area (Å²) < 4.78 is 11.5. The van der Waals surface area contributed by atoms with Gasteiger partial charge in [0.25, 0.3) is 17.7 Å². The number of nitrogens with zero attached hydrogens (tertiary/aromatic N) is 8. The molecule has 4 atom stereocenters. The predicted octanol–water partition coefficient (Wildman–Crippen LogP) is 9.80. The molecule has 11 rings (SSSR count). The van der Waals surface area contributed by atoms with Crippen LogP contribution in [0.3, 0.4) is 0 Å². The van der Waals surface area contributed by atoms with Crippen LogP contribution in [0.2, 0.25) is 0 Å². The number of nitrogens with one attached hydrogen (secondary N) is 5. The number of methoxy groups -OCH3 is 1. The number of benzene rings is 2. The molecule has 0 saturated heterocycles. The number of amides is 6. The van der Waals surface area contributed by atoms with Gasteiger partial charge in [0.2, 0.25) is 11.8 Å². The fourth-order valence-electron chi connectivity index (χ4n) is 10.5. The van der Waals surface area contributed by atoms with Crippen molar-refractivity contribution in [1.29, 1.82) is 0 Å². The molecule has 6 amide bonds. The number of fused-ring (bicyclic) bond motifs is 14. The van der Waals surface area contributed by atoms with E-state index in [0.29, 0.717) is 99.9 Å². The maximum Gasteiger partial charge on any atom is 0.416 e. The lowest BCUT2D eigenvalue weighted by Gasteiger charge is -2.28. The van der Waals surface area contributed by atoms with Crippen molar-refractivity contribution in [2.75, 3.05) is 25.6 Å². The van der Waals surface area contributed by atoms with Crippen molar-refractivity contribution in [2.45, 2.75) is 96.4 Å². The summed E-state index contributed by atoms with van der Waals surface area (Å²) in [6.07, 6.45) is -1.52. The number of aromatic nitrogens is 7. The van der Waals surface area contributed by atoms with Crippen molar-refractivity contribution in [3.63, 3.8) is 0 Å². The van der Waals surface area contributed by atoms with Gasteiger partial charge in [0.1, 0.15) is 88.3 Å². The zero-order chi connectivity index (χ0) is 67.2. The summed E-state index contributed by atoms with van der Waals surface area (Å²) in [5.74, 6) is -5.67. The molecule has 8 heterocycles. The summed E-state index contributed by atoms with van der Waals surface area (Å²) in [6.45, 7) is 4.81. The Balaban J connectivity index is 0.980. The molecule has 10 bridgehead atoms. The largest absolute Gasteiger partial charge is 0.481 e. The zero-order valence-corrected chi connectivity index (χ0v) is 56.2. The summed E-state index contributed by atoms with van der Waals surface area (Å²) in [5.41, 5.74) is 2.91.